The summed E-state index contributed by atoms with van der Waals surface area (Å²) in [7, 11) is 0. The minimum absolute atomic E-state index is 0. The van der Waals surface area contributed by atoms with Gasteiger partial charge in [0, 0.05) is 31.9 Å². The van der Waals surface area contributed by atoms with Crippen LogP contribution in [0.1, 0.15) is 25.3 Å². The van der Waals surface area contributed by atoms with Crippen LogP contribution >= 0.6 is 24.0 Å². The lowest BCUT2D eigenvalue weighted by molar-refractivity contribution is -0.137. The fourth-order valence-electron chi connectivity index (χ4n) is 2.44. The first-order chi connectivity index (χ1) is 11.9. The van der Waals surface area contributed by atoms with Crippen LogP contribution < -0.4 is 10.1 Å². The van der Waals surface area contributed by atoms with E-state index >= 15 is 0 Å². The lowest BCUT2D eigenvalue weighted by atomic mass is 10.1. The van der Waals surface area contributed by atoms with Crippen LogP contribution in [0.25, 0.3) is 0 Å². The van der Waals surface area contributed by atoms with Crippen LogP contribution in [-0.2, 0) is 6.18 Å². The van der Waals surface area contributed by atoms with Gasteiger partial charge in [0.1, 0.15) is 6.61 Å². The van der Waals surface area contributed by atoms with Crippen molar-refractivity contribution in [2.45, 2.75) is 32.0 Å². The number of hydrogen-bond donors (Lipinski definition) is 2. The van der Waals surface area contributed by atoms with Crippen molar-refractivity contribution in [3.8, 4) is 5.88 Å². The van der Waals surface area contributed by atoms with E-state index in [4.69, 9.17) is 4.74 Å². The SMILES string of the molecule is CCNC(=NCCOc1ccc(C(F)(F)F)cn1)N1CCC(O)CC1.I. The van der Waals surface area contributed by atoms with E-state index in [1.165, 1.54) is 6.07 Å². The minimum Gasteiger partial charge on any atom is -0.476 e. The molecule has 26 heavy (non-hydrogen) atoms. The van der Waals surface area contributed by atoms with Gasteiger partial charge < -0.3 is 20.1 Å². The number of aliphatic hydroxyl groups is 1. The molecule has 1 fully saturated rings. The molecule has 0 aromatic carbocycles. The van der Waals surface area contributed by atoms with Crippen LogP contribution in [0.2, 0.25) is 0 Å². The van der Waals surface area contributed by atoms with Gasteiger partial charge in [-0.2, -0.15) is 13.2 Å². The van der Waals surface area contributed by atoms with Crippen molar-refractivity contribution < 1.29 is 23.0 Å². The second-order valence-corrected chi connectivity index (χ2v) is 5.69. The summed E-state index contributed by atoms with van der Waals surface area (Å²) in [5, 5.41) is 12.8. The van der Waals surface area contributed by atoms with Gasteiger partial charge in [0.25, 0.3) is 0 Å². The van der Waals surface area contributed by atoms with E-state index in [-0.39, 0.29) is 42.6 Å². The molecule has 2 rings (SSSR count). The second-order valence-electron chi connectivity index (χ2n) is 5.69. The first-order valence-corrected chi connectivity index (χ1v) is 8.27. The number of nitrogens with zero attached hydrogens (tertiary/aromatic N) is 3. The largest absolute Gasteiger partial charge is 0.476 e. The Kier molecular flexibility index (Phi) is 9.41. The Labute approximate surface area is 167 Å². The summed E-state index contributed by atoms with van der Waals surface area (Å²) in [4.78, 5) is 10.2. The average molecular weight is 488 g/mol. The Morgan fingerprint density at radius 1 is 1.38 bits per heavy atom. The number of nitrogens with one attached hydrogen (secondary N) is 1. The lowest BCUT2D eigenvalue weighted by Gasteiger charge is -2.32. The molecule has 0 saturated carbocycles. The van der Waals surface area contributed by atoms with Crippen LogP contribution in [0.5, 0.6) is 5.88 Å². The Balaban J connectivity index is 0.00000338. The molecule has 2 heterocycles. The van der Waals surface area contributed by atoms with Gasteiger partial charge in [0.15, 0.2) is 5.96 Å². The van der Waals surface area contributed by atoms with E-state index in [1.807, 2.05) is 6.92 Å². The monoisotopic (exact) mass is 488 g/mol. The van der Waals surface area contributed by atoms with E-state index in [0.29, 0.717) is 19.4 Å². The Hall–Kier alpha value is -1.30. The fraction of sp³-hybridized carbons (Fsp3) is 0.625. The summed E-state index contributed by atoms with van der Waals surface area (Å²) in [5.74, 6) is 0.882. The zero-order chi connectivity index (χ0) is 18.3. The number of rotatable bonds is 5. The molecule has 2 N–H and O–H groups in total. The fourth-order valence-corrected chi connectivity index (χ4v) is 2.44. The standard InChI is InChI=1S/C16H23F3N4O2.HI/c1-2-20-15(23-8-5-13(24)6-9-23)21-7-10-25-14-4-3-12(11-22-14)16(17,18)19;/h3-4,11,13,24H,2,5-10H2,1H3,(H,20,21);1H. The summed E-state index contributed by atoms with van der Waals surface area (Å²) in [6.07, 6.45) is -2.50. The lowest BCUT2D eigenvalue weighted by Crippen LogP contribution is -2.46. The molecule has 1 saturated heterocycles. The van der Waals surface area contributed by atoms with Crippen LogP contribution in [0.15, 0.2) is 23.3 Å². The number of alkyl halides is 3. The molecule has 1 aromatic rings. The number of piperidine rings is 1. The number of aromatic nitrogens is 1. The smallest absolute Gasteiger partial charge is 0.417 e. The van der Waals surface area contributed by atoms with Crippen molar-refractivity contribution in [1.29, 1.82) is 0 Å². The number of likely N-dealkylation sites (tertiary alicyclic amines) is 1. The van der Waals surface area contributed by atoms with Crippen molar-refractivity contribution in [3.05, 3.63) is 23.9 Å². The molecular weight excluding hydrogens is 464 g/mol. The molecule has 148 valence electrons. The Bertz CT molecular complexity index is 562. The quantitative estimate of drug-likeness (QED) is 0.289. The van der Waals surface area contributed by atoms with Crippen molar-refractivity contribution in [1.82, 2.24) is 15.2 Å². The van der Waals surface area contributed by atoms with Gasteiger partial charge in [-0.05, 0) is 25.8 Å². The topological polar surface area (TPSA) is 70.0 Å². The van der Waals surface area contributed by atoms with Gasteiger partial charge in [0.05, 0.1) is 18.2 Å². The number of halogens is 4. The number of ether oxygens (including phenoxy) is 1. The molecule has 6 nitrogen and oxygen atoms in total. The van der Waals surface area contributed by atoms with Crippen molar-refractivity contribution >= 4 is 29.9 Å². The van der Waals surface area contributed by atoms with Gasteiger partial charge in [-0.15, -0.1) is 24.0 Å². The number of hydrogen-bond acceptors (Lipinski definition) is 4. The summed E-state index contributed by atoms with van der Waals surface area (Å²) in [6.45, 7) is 4.71. The summed E-state index contributed by atoms with van der Waals surface area (Å²) < 4.78 is 42.7. The van der Waals surface area contributed by atoms with Gasteiger partial charge in [-0.3, -0.25) is 0 Å². The maximum Gasteiger partial charge on any atom is 0.417 e. The van der Waals surface area contributed by atoms with Crippen LogP contribution in [-0.4, -0.2) is 59.8 Å². The molecule has 0 spiro atoms. The van der Waals surface area contributed by atoms with Crippen LogP contribution in [0.4, 0.5) is 13.2 Å². The maximum absolute atomic E-state index is 12.5. The van der Waals surface area contributed by atoms with E-state index in [2.05, 4.69) is 20.2 Å². The first-order valence-electron chi connectivity index (χ1n) is 8.27. The molecule has 0 atom stereocenters. The average Bonchev–Trinajstić information content (AvgIpc) is 2.58. The highest BCUT2D eigenvalue weighted by molar-refractivity contribution is 14.0. The van der Waals surface area contributed by atoms with Crippen molar-refractivity contribution in [2.75, 3.05) is 32.8 Å². The normalized spacial score (nSPS) is 16.2. The third-order valence-corrected chi connectivity index (χ3v) is 3.77. The van der Waals surface area contributed by atoms with E-state index in [1.54, 1.807) is 0 Å². The molecule has 0 radical (unpaired) electrons. The molecule has 1 aliphatic rings. The predicted octanol–water partition coefficient (Wildman–Crippen LogP) is 2.52. The first kappa shape index (κ1) is 22.7. The number of guanidine groups is 1. The van der Waals surface area contributed by atoms with Crippen LogP contribution in [0.3, 0.4) is 0 Å². The third kappa shape index (κ3) is 7.14. The highest BCUT2D eigenvalue weighted by Gasteiger charge is 2.30. The molecule has 10 heteroatoms. The number of aliphatic imine (C=N–C) groups is 1. The zero-order valence-corrected chi connectivity index (χ0v) is 16.8. The Morgan fingerprint density at radius 2 is 2.08 bits per heavy atom. The van der Waals surface area contributed by atoms with Crippen molar-refractivity contribution in [3.63, 3.8) is 0 Å². The second kappa shape index (κ2) is 10.8. The highest BCUT2D eigenvalue weighted by Crippen LogP contribution is 2.29. The molecule has 1 aromatic heterocycles. The molecule has 1 aliphatic heterocycles. The van der Waals surface area contributed by atoms with Crippen LogP contribution in [0, 0.1) is 0 Å². The Morgan fingerprint density at radius 3 is 2.62 bits per heavy atom. The van der Waals surface area contributed by atoms with E-state index in [0.717, 1.165) is 37.9 Å². The maximum atomic E-state index is 12.5. The van der Waals surface area contributed by atoms with Crippen molar-refractivity contribution in [2.24, 2.45) is 4.99 Å². The summed E-state index contributed by atoms with van der Waals surface area (Å²) >= 11 is 0. The predicted molar refractivity (Wildman–Crippen MR) is 103 cm³/mol. The van der Waals surface area contributed by atoms with Gasteiger partial charge in [-0.25, -0.2) is 9.98 Å². The zero-order valence-electron chi connectivity index (χ0n) is 14.5. The van der Waals surface area contributed by atoms with E-state index < -0.39 is 11.7 Å². The molecular formula is C16H24F3IN4O2. The molecule has 0 aliphatic carbocycles. The highest BCUT2D eigenvalue weighted by atomic mass is 127. The molecule has 0 unspecified atom stereocenters. The van der Waals surface area contributed by atoms with Gasteiger partial charge >= 0.3 is 6.18 Å². The number of aliphatic hydroxyl groups excluding tert-OH is 1. The molecule has 0 bridgehead atoms. The van der Waals surface area contributed by atoms with Gasteiger partial charge in [-0.1, -0.05) is 0 Å². The number of pyridine rings is 1. The summed E-state index contributed by atoms with van der Waals surface area (Å²) in [6, 6.07) is 2.14. The third-order valence-electron chi connectivity index (χ3n) is 3.77. The van der Waals surface area contributed by atoms with E-state index in [9.17, 15) is 18.3 Å². The summed E-state index contributed by atoms with van der Waals surface area (Å²) in [5.41, 5.74) is -0.806. The van der Waals surface area contributed by atoms with Gasteiger partial charge in [0.2, 0.25) is 5.88 Å². The minimum atomic E-state index is -4.40. The molecule has 0 amide bonds.